The molecule has 0 aliphatic carbocycles. The number of anilines is 1. The molecular formula is C19H21FN2O5S. The van der Waals surface area contributed by atoms with Crippen LogP contribution in [-0.2, 0) is 25.7 Å². The van der Waals surface area contributed by atoms with Gasteiger partial charge in [0.2, 0.25) is 5.91 Å². The third kappa shape index (κ3) is 7.07. The van der Waals surface area contributed by atoms with Crippen molar-refractivity contribution in [3.63, 3.8) is 0 Å². The van der Waals surface area contributed by atoms with Gasteiger partial charge in [-0.25, -0.2) is 4.39 Å². The number of benzene rings is 1. The van der Waals surface area contributed by atoms with Crippen LogP contribution in [0.2, 0.25) is 0 Å². The topological polar surface area (TPSA) is 88.8 Å². The molecule has 0 aliphatic rings. The highest BCUT2D eigenvalue weighted by Crippen LogP contribution is 2.14. The first-order valence-electron chi connectivity index (χ1n) is 8.45. The van der Waals surface area contributed by atoms with E-state index in [1.165, 1.54) is 35.4 Å². The number of thioether (sulfide) groups is 1. The van der Waals surface area contributed by atoms with Gasteiger partial charge in [0.25, 0.3) is 5.91 Å². The van der Waals surface area contributed by atoms with Crippen LogP contribution in [0.3, 0.4) is 0 Å². The summed E-state index contributed by atoms with van der Waals surface area (Å²) >= 11 is 1.08. The number of likely N-dealkylation sites (N-methyl/N-ethyl adjacent to an activating group) is 1. The molecule has 0 radical (unpaired) electrons. The Bertz CT molecular complexity index is 795. The van der Waals surface area contributed by atoms with E-state index in [1.807, 2.05) is 0 Å². The minimum absolute atomic E-state index is 0.0139. The van der Waals surface area contributed by atoms with Crippen LogP contribution in [0.1, 0.15) is 12.7 Å². The average molecular weight is 408 g/mol. The standard InChI is InChI=1S/C19H21FN2O5S/c1-13(28-12-17(23)21-15-7-5-14(20)6-8-15)19(25)27-11-18(24)22(2)10-16-4-3-9-26-16/h3-9,13H,10-12H2,1-2H3,(H,21,23). The Morgan fingerprint density at radius 3 is 2.61 bits per heavy atom. The molecule has 1 atom stereocenters. The zero-order chi connectivity index (χ0) is 20.5. The number of nitrogens with zero attached hydrogens (tertiary/aromatic N) is 1. The molecule has 9 heteroatoms. The molecule has 0 saturated heterocycles. The third-order valence-electron chi connectivity index (χ3n) is 3.66. The quantitative estimate of drug-likeness (QED) is 0.642. The summed E-state index contributed by atoms with van der Waals surface area (Å²) in [5.74, 6) is -1.04. The van der Waals surface area contributed by atoms with Gasteiger partial charge in [0.1, 0.15) is 16.8 Å². The molecule has 2 aromatic rings. The summed E-state index contributed by atoms with van der Waals surface area (Å²) in [5, 5.41) is 1.98. The number of halogens is 1. The van der Waals surface area contributed by atoms with E-state index in [9.17, 15) is 18.8 Å². The van der Waals surface area contributed by atoms with Crippen molar-refractivity contribution in [2.45, 2.75) is 18.7 Å². The number of nitrogens with one attached hydrogen (secondary N) is 1. The molecule has 2 rings (SSSR count). The van der Waals surface area contributed by atoms with Crippen LogP contribution in [0.25, 0.3) is 0 Å². The van der Waals surface area contributed by atoms with Gasteiger partial charge in [-0.1, -0.05) is 0 Å². The largest absolute Gasteiger partial charge is 0.467 e. The molecule has 0 spiro atoms. The Hall–Kier alpha value is -2.81. The summed E-state index contributed by atoms with van der Waals surface area (Å²) < 4.78 is 23.0. The number of hydrogen-bond acceptors (Lipinski definition) is 6. The molecule has 28 heavy (non-hydrogen) atoms. The highest BCUT2D eigenvalue weighted by atomic mass is 32.2. The molecule has 0 bridgehead atoms. The van der Waals surface area contributed by atoms with Crippen LogP contribution < -0.4 is 5.32 Å². The van der Waals surface area contributed by atoms with Gasteiger partial charge in [0, 0.05) is 12.7 Å². The molecule has 7 nitrogen and oxygen atoms in total. The van der Waals surface area contributed by atoms with E-state index >= 15 is 0 Å². The highest BCUT2D eigenvalue weighted by molar-refractivity contribution is 8.01. The van der Waals surface area contributed by atoms with Crippen LogP contribution >= 0.6 is 11.8 Å². The number of furan rings is 1. The van der Waals surface area contributed by atoms with Crippen molar-refractivity contribution in [1.29, 1.82) is 0 Å². The minimum atomic E-state index is -0.623. The van der Waals surface area contributed by atoms with Crippen LogP contribution in [-0.4, -0.2) is 47.3 Å². The molecular weight excluding hydrogens is 387 g/mol. The Labute approximate surface area is 166 Å². The van der Waals surface area contributed by atoms with Crippen LogP contribution in [0.15, 0.2) is 47.1 Å². The lowest BCUT2D eigenvalue weighted by Crippen LogP contribution is -2.32. The van der Waals surface area contributed by atoms with Crippen LogP contribution in [0.4, 0.5) is 10.1 Å². The van der Waals surface area contributed by atoms with Crippen molar-refractivity contribution in [1.82, 2.24) is 4.90 Å². The Morgan fingerprint density at radius 2 is 1.96 bits per heavy atom. The van der Waals surface area contributed by atoms with Crippen molar-refractivity contribution in [3.8, 4) is 0 Å². The number of amides is 2. The fraction of sp³-hybridized carbons (Fsp3) is 0.316. The second-order valence-electron chi connectivity index (χ2n) is 5.95. The Morgan fingerprint density at radius 1 is 1.25 bits per heavy atom. The maximum Gasteiger partial charge on any atom is 0.319 e. The fourth-order valence-electron chi connectivity index (χ4n) is 2.08. The number of carbonyl (C=O) groups excluding carboxylic acids is 3. The van der Waals surface area contributed by atoms with Gasteiger partial charge in [-0.2, -0.15) is 0 Å². The first-order chi connectivity index (χ1) is 13.3. The molecule has 1 N–H and O–H groups in total. The smallest absolute Gasteiger partial charge is 0.319 e. The van der Waals surface area contributed by atoms with Crippen molar-refractivity contribution in [2.75, 3.05) is 24.7 Å². The van der Waals surface area contributed by atoms with Crippen molar-refractivity contribution in [2.24, 2.45) is 0 Å². The summed E-state index contributed by atoms with van der Waals surface area (Å²) in [6, 6.07) is 8.83. The van der Waals surface area contributed by atoms with E-state index in [1.54, 1.807) is 26.1 Å². The molecule has 1 unspecified atom stereocenters. The summed E-state index contributed by atoms with van der Waals surface area (Å²) in [6.45, 7) is 1.48. The van der Waals surface area contributed by atoms with Gasteiger partial charge in [-0.15, -0.1) is 11.8 Å². The number of hydrogen-bond donors (Lipinski definition) is 1. The van der Waals surface area contributed by atoms with Gasteiger partial charge >= 0.3 is 5.97 Å². The van der Waals surface area contributed by atoms with Crippen molar-refractivity contribution in [3.05, 3.63) is 54.2 Å². The van der Waals surface area contributed by atoms with Crippen LogP contribution in [0.5, 0.6) is 0 Å². The van der Waals surface area contributed by atoms with E-state index in [2.05, 4.69) is 5.32 Å². The lowest BCUT2D eigenvalue weighted by molar-refractivity contribution is -0.151. The molecule has 1 aromatic heterocycles. The van der Waals surface area contributed by atoms with E-state index in [0.717, 1.165) is 11.8 Å². The number of rotatable bonds is 9. The lowest BCUT2D eigenvalue weighted by atomic mass is 10.3. The molecule has 1 heterocycles. The summed E-state index contributed by atoms with van der Waals surface area (Å²) in [7, 11) is 1.58. The van der Waals surface area contributed by atoms with Gasteiger partial charge in [0.15, 0.2) is 6.61 Å². The fourth-order valence-corrected chi connectivity index (χ4v) is 2.76. The number of carbonyl (C=O) groups is 3. The normalized spacial score (nSPS) is 11.5. The van der Waals surface area contributed by atoms with E-state index in [-0.39, 0.29) is 30.7 Å². The lowest BCUT2D eigenvalue weighted by Gasteiger charge is -2.16. The predicted octanol–water partition coefficient (Wildman–Crippen LogP) is 2.68. The third-order valence-corrected chi connectivity index (χ3v) is 4.78. The first-order valence-corrected chi connectivity index (χ1v) is 9.50. The van der Waals surface area contributed by atoms with Gasteiger partial charge in [-0.05, 0) is 43.3 Å². The molecule has 0 saturated carbocycles. The second kappa shape index (κ2) is 10.5. The molecule has 1 aromatic carbocycles. The van der Waals surface area contributed by atoms with E-state index < -0.39 is 17.0 Å². The monoisotopic (exact) mass is 408 g/mol. The number of esters is 1. The number of ether oxygens (including phenoxy) is 1. The minimum Gasteiger partial charge on any atom is -0.467 e. The molecule has 2 amide bonds. The zero-order valence-electron chi connectivity index (χ0n) is 15.5. The summed E-state index contributed by atoms with van der Waals surface area (Å²) in [5.41, 5.74) is 0.465. The average Bonchev–Trinajstić information content (AvgIpc) is 3.18. The highest BCUT2D eigenvalue weighted by Gasteiger charge is 2.19. The van der Waals surface area contributed by atoms with Gasteiger partial charge in [-0.3, -0.25) is 14.4 Å². The summed E-state index contributed by atoms with van der Waals surface area (Å²) in [4.78, 5) is 37.3. The van der Waals surface area contributed by atoms with E-state index in [0.29, 0.717) is 11.4 Å². The zero-order valence-corrected chi connectivity index (χ0v) is 16.3. The Kier molecular flexibility index (Phi) is 8.06. The maximum atomic E-state index is 12.8. The van der Waals surface area contributed by atoms with Crippen molar-refractivity contribution >= 4 is 35.2 Å². The van der Waals surface area contributed by atoms with Gasteiger partial charge < -0.3 is 19.4 Å². The van der Waals surface area contributed by atoms with Crippen LogP contribution in [0, 0.1) is 5.82 Å². The molecule has 0 fully saturated rings. The molecule has 0 aliphatic heterocycles. The van der Waals surface area contributed by atoms with E-state index in [4.69, 9.17) is 9.15 Å². The second-order valence-corrected chi connectivity index (χ2v) is 7.27. The van der Waals surface area contributed by atoms with Crippen molar-refractivity contribution < 1.29 is 27.9 Å². The molecule has 150 valence electrons. The Balaban J connectivity index is 1.68. The predicted molar refractivity (Wildman–Crippen MR) is 103 cm³/mol. The summed E-state index contributed by atoms with van der Waals surface area (Å²) in [6.07, 6.45) is 1.51. The maximum absolute atomic E-state index is 12.8. The van der Waals surface area contributed by atoms with Gasteiger partial charge in [0.05, 0.1) is 18.6 Å². The SMILES string of the molecule is CC(SCC(=O)Nc1ccc(F)cc1)C(=O)OCC(=O)N(C)Cc1ccco1. The first kappa shape index (κ1) is 21.5.